The van der Waals surface area contributed by atoms with Gasteiger partial charge in [0, 0.05) is 23.3 Å². The van der Waals surface area contributed by atoms with Crippen LogP contribution in [0.15, 0.2) is 42.5 Å². The van der Waals surface area contributed by atoms with Crippen LogP contribution in [0.4, 0.5) is 8.78 Å². The molecule has 0 aliphatic carbocycles. The SMILES string of the molecule is C=C(C)C(=O)OCCCCCCCCCCCOc1ccc2c(n1)OCC(c1cc(F)cc(F)c1)=C2. The monoisotopic (exact) mass is 499 g/mol. The zero-order chi connectivity index (χ0) is 25.8. The summed E-state index contributed by atoms with van der Waals surface area (Å²) in [5, 5.41) is 0. The highest BCUT2D eigenvalue weighted by atomic mass is 19.1. The number of hydrogen-bond acceptors (Lipinski definition) is 5. The molecule has 5 nitrogen and oxygen atoms in total. The Balaban J connectivity index is 1.26. The lowest BCUT2D eigenvalue weighted by atomic mass is 10.0. The second-order valence-corrected chi connectivity index (χ2v) is 9.11. The van der Waals surface area contributed by atoms with E-state index in [9.17, 15) is 13.6 Å². The van der Waals surface area contributed by atoms with Crippen LogP contribution in [0.5, 0.6) is 11.8 Å². The predicted octanol–water partition coefficient (Wildman–Crippen LogP) is 7.30. The van der Waals surface area contributed by atoms with Crippen molar-refractivity contribution in [3.8, 4) is 11.8 Å². The van der Waals surface area contributed by atoms with Crippen LogP contribution in [0, 0.1) is 11.6 Å². The number of esters is 1. The van der Waals surface area contributed by atoms with Crippen molar-refractivity contribution < 1.29 is 27.8 Å². The topological polar surface area (TPSA) is 57.7 Å². The Morgan fingerprint density at radius 2 is 1.56 bits per heavy atom. The maximum atomic E-state index is 13.5. The smallest absolute Gasteiger partial charge is 0.333 e. The molecule has 0 saturated heterocycles. The molecule has 0 fully saturated rings. The molecule has 0 saturated carbocycles. The molecule has 0 N–H and O–H groups in total. The molecule has 194 valence electrons. The molecule has 0 atom stereocenters. The van der Waals surface area contributed by atoms with E-state index in [2.05, 4.69) is 11.6 Å². The van der Waals surface area contributed by atoms with Gasteiger partial charge in [0.25, 0.3) is 0 Å². The maximum Gasteiger partial charge on any atom is 0.333 e. The molecule has 36 heavy (non-hydrogen) atoms. The van der Waals surface area contributed by atoms with Gasteiger partial charge in [0.15, 0.2) is 0 Å². The Hall–Kier alpha value is -3.22. The molecule has 1 aromatic carbocycles. The van der Waals surface area contributed by atoms with Gasteiger partial charge >= 0.3 is 5.97 Å². The van der Waals surface area contributed by atoms with Gasteiger partial charge in [-0.25, -0.2) is 13.6 Å². The molecular weight excluding hydrogens is 464 g/mol. The fourth-order valence-corrected chi connectivity index (χ4v) is 3.93. The van der Waals surface area contributed by atoms with Gasteiger partial charge in [0.2, 0.25) is 11.8 Å². The fraction of sp³-hybridized carbons (Fsp3) is 0.448. The van der Waals surface area contributed by atoms with Crippen LogP contribution in [-0.4, -0.2) is 30.8 Å². The van der Waals surface area contributed by atoms with Crippen molar-refractivity contribution in [1.82, 2.24) is 4.98 Å². The van der Waals surface area contributed by atoms with E-state index in [-0.39, 0.29) is 12.6 Å². The van der Waals surface area contributed by atoms with Gasteiger partial charge in [-0.05, 0) is 55.2 Å². The lowest BCUT2D eigenvalue weighted by molar-refractivity contribution is -0.139. The molecule has 0 spiro atoms. The van der Waals surface area contributed by atoms with E-state index in [0.29, 0.717) is 41.7 Å². The number of carbonyl (C=O) groups excluding carboxylic acids is 1. The number of ether oxygens (including phenoxy) is 3. The molecule has 0 radical (unpaired) electrons. The minimum Gasteiger partial charge on any atom is -0.478 e. The van der Waals surface area contributed by atoms with E-state index < -0.39 is 11.6 Å². The lowest BCUT2D eigenvalue weighted by Gasteiger charge is -2.18. The average Bonchev–Trinajstić information content (AvgIpc) is 2.85. The number of benzene rings is 1. The zero-order valence-corrected chi connectivity index (χ0v) is 21.0. The summed E-state index contributed by atoms with van der Waals surface area (Å²) in [6.45, 7) is 6.49. The van der Waals surface area contributed by atoms with Gasteiger partial charge in [-0.2, -0.15) is 4.98 Å². The molecule has 1 aromatic heterocycles. The van der Waals surface area contributed by atoms with Crippen molar-refractivity contribution in [1.29, 1.82) is 0 Å². The van der Waals surface area contributed by atoms with Crippen molar-refractivity contribution in [3.63, 3.8) is 0 Å². The largest absolute Gasteiger partial charge is 0.478 e. The Bertz CT molecular complexity index is 1050. The van der Waals surface area contributed by atoms with E-state index in [0.717, 1.165) is 43.7 Å². The van der Waals surface area contributed by atoms with Gasteiger partial charge in [-0.15, -0.1) is 0 Å². The number of carbonyl (C=O) groups is 1. The number of halogens is 2. The molecule has 0 bridgehead atoms. The summed E-state index contributed by atoms with van der Waals surface area (Å²) < 4.78 is 43.6. The Labute approximate surface area is 212 Å². The first-order chi connectivity index (χ1) is 17.4. The summed E-state index contributed by atoms with van der Waals surface area (Å²) in [6, 6.07) is 7.07. The molecule has 0 amide bonds. The van der Waals surface area contributed by atoms with Gasteiger partial charge in [0.1, 0.15) is 18.2 Å². The minimum absolute atomic E-state index is 0.189. The van der Waals surface area contributed by atoms with E-state index in [4.69, 9.17) is 14.2 Å². The van der Waals surface area contributed by atoms with Gasteiger partial charge in [-0.3, -0.25) is 0 Å². The van der Waals surface area contributed by atoms with Crippen LogP contribution in [0.1, 0.15) is 75.8 Å². The third-order valence-corrected chi connectivity index (χ3v) is 5.91. The van der Waals surface area contributed by atoms with E-state index in [1.807, 2.05) is 12.1 Å². The van der Waals surface area contributed by atoms with Gasteiger partial charge in [-0.1, -0.05) is 51.5 Å². The molecule has 7 heteroatoms. The second-order valence-electron chi connectivity index (χ2n) is 9.11. The first kappa shape index (κ1) is 27.4. The van der Waals surface area contributed by atoms with E-state index >= 15 is 0 Å². The number of hydrogen-bond donors (Lipinski definition) is 0. The third kappa shape index (κ3) is 9.10. The van der Waals surface area contributed by atoms with Crippen LogP contribution < -0.4 is 9.47 Å². The van der Waals surface area contributed by atoms with Crippen LogP contribution in [0.25, 0.3) is 11.6 Å². The summed E-state index contributed by atoms with van der Waals surface area (Å²) in [7, 11) is 0. The maximum absolute atomic E-state index is 13.5. The number of pyridine rings is 1. The molecule has 3 rings (SSSR count). The van der Waals surface area contributed by atoms with Crippen LogP contribution in [-0.2, 0) is 9.53 Å². The molecular formula is C29H35F2NO4. The highest BCUT2D eigenvalue weighted by molar-refractivity contribution is 5.87. The minimum atomic E-state index is -0.616. The zero-order valence-electron chi connectivity index (χ0n) is 21.0. The Morgan fingerprint density at radius 1 is 0.944 bits per heavy atom. The molecule has 0 unspecified atom stereocenters. The number of aromatic nitrogens is 1. The van der Waals surface area contributed by atoms with Crippen molar-refractivity contribution in [2.24, 2.45) is 0 Å². The Morgan fingerprint density at radius 3 is 2.19 bits per heavy atom. The normalized spacial score (nSPS) is 12.4. The summed E-state index contributed by atoms with van der Waals surface area (Å²) >= 11 is 0. The molecule has 1 aliphatic heterocycles. The molecule has 1 aliphatic rings. The lowest BCUT2D eigenvalue weighted by Crippen LogP contribution is -2.09. The van der Waals surface area contributed by atoms with Crippen molar-refractivity contribution in [3.05, 3.63) is 65.2 Å². The highest BCUT2D eigenvalue weighted by Crippen LogP contribution is 2.31. The first-order valence-corrected chi connectivity index (χ1v) is 12.7. The Kier molecular flexibility index (Phi) is 10.9. The number of unbranched alkanes of at least 4 members (excludes halogenated alkanes) is 8. The van der Waals surface area contributed by atoms with Crippen LogP contribution in [0.2, 0.25) is 0 Å². The summed E-state index contributed by atoms with van der Waals surface area (Å²) in [6.07, 6.45) is 11.9. The van der Waals surface area contributed by atoms with E-state index in [1.54, 1.807) is 13.0 Å². The van der Waals surface area contributed by atoms with Crippen molar-refractivity contribution in [2.45, 2.75) is 64.7 Å². The third-order valence-electron chi connectivity index (χ3n) is 5.91. The summed E-state index contributed by atoms with van der Waals surface area (Å²) in [4.78, 5) is 15.7. The van der Waals surface area contributed by atoms with Crippen LogP contribution >= 0.6 is 0 Å². The van der Waals surface area contributed by atoms with E-state index in [1.165, 1.54) is 37.8 Å². The standard InChI is InChI=1S/C29H35F2NO4/c1-21(2)29(33)35-15-11-9-7-5-3-4-6-8-10-14-34-27-13-12-22-16-24(20-36-28(22)32-27)23-17-25(30)19-26(31)18-23/h12-13,16-19H,1,3-11,14-15,20H2,2H3. The van der Waals surface area contributed by atoms with Crippen LogP contribution in [0.3, 0.4) is 0 Å². The number of fused-ring (bicyclic) bond motifs is 1. The first-order valence-electron chi connectivity index (χ1n) is 12.7. The molecule has 2 heterocycles. The van der Waals surface area contributed by atoms with Crippen molar-refractivity contribution >= 4 is 17.6 Å². The highest BCUT2D eigenvalue weighted by Gasteiger charge is 2.16. The molecule has 2 aromatic rings. The summed E-state index contributed by atoms with van der Waals surface area (Å²) in [5.41, 5.74) is 2.35. The quantitative estimate of drug-likeness (QED) is 0.146. The second kappa shape index (κ2) is 14.4. The number of rotatable bonds is 15. The number of nitrogens with zero attached hydrogens (tertiary/aromatic N) is 1. The fourth-order valence-electron chi connectivity index (χ4n) is 3.93. The van der Waals surface area contributed by atoms with Gasteiger partial charge < -0.3 is 14.2 Å². The van der Waals surface area contributed by atoms with Crippen molar-refractivity contribution in [2.75, 3.05) is 19.8 Å². The average molecular weight is 500 g/mol. The predicted molar refractivity (Wildman–Crippen MR) is 137 cm³/mol. The van der Waals surface area contributed by atoms with Gasteiger partial charge in [0.05, 0.1) is 13.2 Å². The summed E-state index contributed by atoms with van der Waals surface area (Å²) in [5.74, 6) is -0.566.